The Labute approximate surface area is 186 Å². The fourth-order valence-corrected chi connectivity index (χ4v) is 3.98. The summed E-state index contributed by atoms with van der Waals surface area (Å²) in [6.45, 7) is 5.45. The Morgan fingerprint density at radius 3 is 2.50 bits per heavy atom. The van der Waals surface area contributed by atoms with Crippen molar-refractivity contribution in [2.45, 2.75) is 52.1 Å². The third kappa shape index (κ3) is 5.52. The van der Waals surface area contributed by atoms with Gasteiger partial charge in [-0.05, 0) is 39.7 Å². The van der Waals surface area contributed by atoms with Crippen LogP contribution in [0.4, 0.5) is 4.79 Å². The zero-order chi connectivity index (χ0) is 23.5. The minimum Gasteiger partial charge on any atom is -0.491 e. The number of alkyl carbamates (subject to hydrolysis) is 1. The maximum Gasteiger partial charge on any atom is 0.407 e. The van der Waals surface area contributed by atoms with Crippen LogP contribution in [0.1, 0.15) is 67.2 Å². The Morgan fingerprint density at radius 2 is 1.81 bits per heavy atom. The second-order valence-corrected chi connectivity index (χ2v) is 8.95. The first-order valence-corrected chi connectivity index (χ1v) is 10.7. The summed E-state index contributed by atoms with van der Waals surface area (Å²) in [4.78, 5) is 61.7. The minimum absolute atomic E-state index is 0.0558. The molecular weight excluding hydrogens is 416 g/mol. The average molecular weight is 444 g/mol. The number of Topliss-reactive ketones (excluding diaryl/α,β-unsaturated/α-hetero) is 2. The van der Waals surface area contributed by atoms with Crippen molar-refractivity contribution in [2.24, 2.45) is 11.8 Å². The number of benzene rings is 1. The number of ketones is 2. The molecule has 1 aromatic rings. The molecular formula is C23H28N2O7. The zero-order valence-electron chi connectivity index (χ0n) is 18.5. The number of carbonyl (C=O) groups excluding carboxylic acids is 5. The van der Waals surface area contributed by atoms with Crippen LogP contribution in [0.3, 0.4) is 0 Å². The lowest BCUT2D eigenvalue weighted by Gasteiger charge is -2.27. The SMILES string of the molecule is CC(C)(C)OC(=O)NCCOc1cccc2c1C(=O)C(C1CCC(=O)NC1=O)CCC2=O. The highest BCUT2D eigenvalue weighted by Crippen LogP contribution is 2.36. The van der Waals surface area contributed by atoms with Gasteiger partial charge in [0.1, 0.15) is 18.0 Å². The van der Waals surface area contributed by atoms with E-state index in [1.807, 2.05) is 0 Å². The number of nitrogens with one attached hydrogen (secondary N) is 2. The van der Waals surface area contributed by atoms with Crippen molar-refractivity contribution in [3.8, 4) is 5.75 Å². The van der Waals surface area contributed by atoms with Crippen molar-refractivity contribution in [1.82, 2.24) is 10.6 Å². The molecule has 0 spiro atoms. The fraction of sp³-hybridized carbons (Fsp3) is 0.522. The molecule has 9 nitrogen and oxygen atoms in total. The molecule has 0 bridgehead atoms. The molecule has 2 unspecified atom stereocenters. The van der Waals surface area contributed by atoms with Gasteiger partial charge in [0.25, 0.3) is 0 Å². The summed E-state index contributed by atoms with van der Waals surface area (Å²) in [6.07, 6.45) is 0.212. The van der Waals surface area contributed by atoms with Gasteiger partial charge in [0.15, 0.2) is 11.6 Å². The van der Waals surface area contributed by atoms with Gasteiger partial charge in [-0.2, -0.15) is 0 Å². The molecule has 2 aliphatic rings. The maximum atomic E-state index is 13.4. The minimum atomic E-state index is -0.710. The van der Waals surface area contributed by atoms with E-state index >= 15 is 0 Å². The molecule has 32 heavy (non-hydrogen) atoms. The molecule has 2 N–H and O–H groups in total. The predicted octanol–water partition coefficient (Wildman–Crippen LogP) is 2.42. The Morgan fingerprint density at radius 1 is 1.09 bits per heavy atom. The van der Waals surface area contributed by atoms with Gasteiger partial charge in [-0.1, -0.05) is 12.1 Å². The van der Waals surface area contributed by atoms with Gasteiger partial charge in [0.05, 0.1) is 12.1 Å². The van der Waals surface area contributed by atoms with E-state index in [-0.39, 0.29) is 73.2 Å². The second kappa shape index (κ2) is 9.50. The highest BCUT2D eigenvalue weighted by atomic mass is 16.6. The molecule has 3 amide bonds. The number of fused-ring (bicyclic) bond motifs is 1. The van der Waals surface area contributed by atoms with Crippen LogP contribution in [0.25, 0.3) is 0 Å². The molecule has 2 atom stereocenters. The Kier molecular flexibility index (Phi) is 6.96. The van der Waals surface area contributed by atoms with Crippen LogP contribution in [0.15, 0.2) is 18.2 Å². The van der Waals surface area contributed by atoms with Gasteiger partial charge in [0.2, 0.25) is 11.8 Å². The number of imide groups is 1. The van der Waals surface area contributed by atoms with Crippen molar-refractivity contribution in [3.63, 3.8) is 0 Å². The first-order valence-electron chi connectivity index (χ1n) is 10.7. The van der Waals surface area contributed by atoms with Gasteiger partial charge in [-0.15, -0.1) is 0 Å². The largest absolute Gasteiger partial charge is 0.491 e. The lowest BCUT2D eigenvalue weighted by molar-refractivity contribution is -0.137. The van der Waals surface area contributed by atoms with E-state index in [9.17, 15) is 24.0 Å². The number of amides is 3. The summed E-state index contributed by atoms with van der Waals surface area (Å²) >= 11 is 0. The second-order valence-electron chi connectivity index (χ2n) is 8.95. The van der Waals surface area contributed by atoms with Crippen molar-refractivity contribution in [3.05, 3.63) is 29.3 Å². The van der Waals surface area contributed by atoms with E-state index in [2.05, 4.69) is 10.6 Å². The van der Waals surface area contributed by atoms with Crippen LogP contribution in [-0.2, 0) is 14.3 Å². The molecule has 1 aliphatic carbocycles. The summed E-state index contributed by atoms with van der Waals surface area (Å²) < 4.78 is 10.9. The maximum absolute atomic E-state index is 13.4. The number of carbonyl (C=O) groups is 5. The summed E-state index contributed by atoms with van der Waals surface area (Å²) in [7, 11) is 0. The van der Waals surface area contributed by atoms with Crippen molar-refractivity contribution < 1.29 is 33.4 Å². The lowest BCUT2D eigenvalue weighted by Crippen LogP contribution is -2.45. The summed E-state index contributed by atoms with van der Waals surface area (Å²) in [6, 6.07) is 4.80. The molecule has 9 heteroatoms. The van der Waals surface area contributed by atoms with E-state index in [0.717, 1.165) is 0 Å². The van der Waals surface area contributed by atoms with Gasteiger partial charge in [-0.25, -0.2) is 4.79 Å². The van der Waals surface area contributed by atoms with Crippen LogP contribution in [-0.4, -0.2) is 48.2 Å². The summed E-state index contributed by atoms with van der Waals surface area (Å²) in [5.74, 6) is -2.51. The Balaban J connectivity index is 1.75. The Hall–Kier alpha value is -3.23. The highest BCUT2D eigenvalue weighted by Gasteiger charge is 2.41. The molecule has 1 heterocycles. The van der Waals surface area contributed by atoms with E-state index in [1.165, 1.54) is 0 Å². The molecule has 1 saturated heterocycles. The smallest absolute Gasteiger partial charge is 0.407 e. The van der Waals surface area contributed by atoms with Crippen molar-refractivity contribution >= 4 is 29.5 Å². The molecule has 0 aromatic heterocycles. The van der Waals surface area contributed by atoms with Crippen LogP contribution in [0, 0.1) is 11.8 Å². The number of ether oxygens (including phenoxy) is 2. The number of rotatable bonds is 5. The van der Waals surface area contributed by atoms with E-state index in [1.54, 1.807) is 39.0 Å². The molecule has 1 aromatic carbocycles. The van der Waals surface area contributed by atoms with E-state index in [4.69, 9.17) is 9.47 Å². The summed E-state index contributed by atoms with van der Waals surface area (Å²) in [5, 5.41) is 4.86. The van der Waals surface area contributed by atoms with E-state index < -0.39 is 29.4 Å². The molecule has 1 aliphatic heterocycles. The van der Waals surface area contributed by atoms with Gasteiger partial charge < -0.3 is 14.8 Å². The number of hydrogen-bond donors (Lipinski definition) is 2. The number of piperidine rings is 1. The van der Waals surface area contributed by atoms with Crippen LogP contribution >= 0.6 is 0 Å². The van der Waals surface area contributed by atoms with Crippen LogP contribution < -0.4 is 15.4 Å². The summed E-state index contributed by atoms with van der Waals surface area (Å²) in [5.41, 5.74) is -0.205. The quantitative estimate of drug-likeness (QED) is 0.405. The topological polar surface area (TPSA) is 128 Å². The predicted molar refractivity (Wildman–Crippen MR) is 113 cm³/mol. The van der Waals surface area contributed by atoms with Crippen molar-refractivity contribution in [1.29, 1.82) is 0 Å². The third-order valence-corrected chi connectivity index (χ3v) is 5.39. The number of hydrogen-bond acceptors (Lipinski definition) is 7. The van der Waals surface area contributed by atoms with E-state index in [0.29, 0.717) is 0 Å². The first-order chi connectivity index (χ1) is 15.1. The van der Waals surface area contributed by atoms with Gasteiger partial charge >= 0.3 is 6.09 Å². The zero-order valence-corrected chi connectivity index (χ0v) is 18.5. The van der Waals surface area contributed by atoms with Gasteiger partial charge in [-0.3, -0.25) is 24.5 Å². The molecule has 0 radical (unpaired) electrons. The first kappa shape index (κ1) is 23.4. The monoisotopic (exact) mass is 444 g/mol. The lowest BCUT2D eigenvalue weighted by atomic mass is 9.79. The van der Waals surface area contributed by atoms with Gasteiger partial charge in [0, 0.05) is 30.2 Å². The molecule has 1 fully saturated rings. The van der Waals surface area contributed by atoms with Crippen LogP contribution in [0.2, 0.25) is 0 Å². The van der Waals surface area contributed by atoms with Crippen LogP contribution in [0.5, 0.6) is 5.75 Å². The third-order valence-electron chi connectivity index (χ3n) is 5.39. The average Bonchev–Trinajstić information content (AvgIpc) is 2.82. The van der Waals surface area contributed by atoms with Crippen molar-refractivity contribution in [2.75, 3.05) is 13.2 Å². The molecule has 172 valence electrons. The molecule has 0 saturated carbocycles. The Bertz CT molecular complexity index is 948. The standard InChI is InChI=1S/C23H28N2O7/c1-23(2,3)32-22(30)24-11-12-31-17-6-4-5-15-16(26)9-7-13(20(28)19(15)17)14-8-10-18(27)25-21(14)29/h4-6,13-14H,7-12H2,1-3H3,(H,24,30)(H,25,27,29). The normalized spacial score (nSPS) is 21.3. The highest BCUT2D eigenvalue weighted by molar-refractivity contribution is 6.14. The fourth-order valence-electron chi connectivity index (χ4n) is 3.98. The molecule has 3 rings (SSSR count).